The van der Waals surface area contributed by atoms with E-state index in [1.807, 2.05) is 22.8 Å². The van der Waals surface area contributed by atoms with Gasteiger partial charge in [0.15, 0.2) is 0 Å². The number of rotatable bonds is 4. The van der Waals surface area contributed by atoms with E-state index in [9.17, 15) is 9.18 Å². The van der Waals surface area contributed by atoms with Crippen LogP contribution < -0.4 is 4.74 Å². The third-order valence-corrected chi connectivity index (χ3v) is 6.68. The fraction of sp³-hybridized carbons (Fsp3) is 0.417. The number of aromatic nitrogens is 1. The molecule has 2 aromatic rings. The molecule has 1 saturated heterocycles. The molecule has 0 spiro atoms. The molecule has 176 valence electrons. The minimum absolute atomic E-state index is 0.0446. The standard InChI is InChI=1S/C24H26Cl2FN3O3/c1-15-21(33-16(2)22-19(25)3-4-20(27)23(22)26)13-18(14-28-15)17-5-7-29(8-6-17)24(31)30-9-11-32-12-10-30/h3-5,13-14,16H,6-12H2,1-2H3. The molecule has 0 saturated carbocycles. The molecule has 1 atom stereocenters. The van der Waals surface area contributed by atoms with Crippen molar-refractivity contribution >= 4 is 34.8 Å². The minimum Gasteiger partial charge on any atom is -0.484 e. The lowest BCUT2D eigenvalue weighted by Gasteiger charge is -2.34. The largest absolute Gasteiger partial charge is 0.484 e. The zero-order chi connectivity index (χ0) is 23.5. The second-order valence-corrected chi connectivity index (χ2v) is 8.92. The van der Waals surface area contributed by atoms with E-state index in [4.69, 9.17) is 32.7 Å². The van der Waals surface area contributed by atoms with Gasteiger partial charge in [0.1, 0.15) is 17.7 Å². The summed E-state index contributed by atoms with van der Waals surface area (Å²) in [7, 11) is 0. The summed E-state index contributed by atoms with van der Waals surface area (Å²) in [4.78, 5) is 20.9. The Kier molecular flexibility index (Phi) is 7.41. The molecule has 0 aliphatic carbocycles. The first-order chi connectivity index (χ1) is 15.8. The van der Waals surface area contributed by atoms with Gasteiger partial charge in [0.2, 0.25) is 0 Å². The van der Waals surface area contributed by atoms with Crippen LogP contribution in [0.2, 0.25) is 10.0 Å². The maximum atomic E-state index is 13.9. The lowest BCUT2D eigenvalue weighted by Crippen LogP contribution is -2.49. The molecule has 0 radical (unpaired) electrons. The summed E-state index contributed by atoms with van der Waals surface area (Å²) >= 11 is 12.4. The van der Waals surface area contributed by atoms with E-state index in [0.29, 0.717) is 61.4 Å². The van der Waals surface area contributed by atoms with Crippen LogP contribution >= 0.6 is 23.2 Å². The molecule has 1 aromatic heterocycles. The van der Waals surface area contributed by atoms with Gasteiger partial charge in [-0.25, -0.2) is 9.18 Å². The van der Waals surface area contributed by atoms with Crippen LogP contribution in [0.5, 0.6) is 5.75 Å². The molecule has 6 nitrogen and oxygen atoms in total. The van der Waals surface area contributed by atoms with Gasteiger partial charge in [-0.3, -0.25) is 4.98 Å². The van der Waals surface area contributed by atoms with Crippen LogP contribution in [0, 0.1) is 12.7 Å². The Morgan fingerprint density at radius 3 is 2.67 bits per heavy atom. The summed E-state index contributed by atoms with van der Waals surface area (Å²) in [6.45, 7) is 7.23. The van der Waals surface area contributed by atoms with Crippen molar-refractivity contribution in [2.45, 2.75) is 26.4 Å². The Morgan fingerprint density at radius 2 is 1.97 bits per heavy atom. The molecule has 0 N–H and O–H groups in total. The van der Waals surface area contributed by atoms with Crippen molar-refractivity contribution in [2.24, 2.45) is 0 Å². The number of morpholine rings is 1. The van der Waals surface area contributed by atoms with Gasteiger partial charge >= 0.3 is 6.03 Å². The number of nitrogens with zero attached hydrogens (tertiary/aromatic N) is 3. The van der Waals surface area contributed by atoms with Gasteiger partial charge in [0.05, 0.1) is 23.9 Å². The molecule has 1 unspecified atom stereocenters. The maximum Gasteiger partial charge on any atom is 0.320 e. The number of amides is 2. The van der Waals surface area contributed by atoms with E-state index >= 15 is 0 Å². The fourth-order valence-corrected chi connectivity index (χ4v) is 4.71. The number of benzene rings is 1. The topological polar surface area (TPSA) is 54.9 Å². The zero-order valence-corrected chi connectivity index (χ0v) is 20.1. The number of halogens is 3. The van der Waals surface area contributed by atoms with Crippen LogP contribution in [-0.4, -0.2) is 60.2 Å². The number of hydrogen-bond acceptors (Lipinski definition) is 4. The Balaban J connectivity index is 1.48. The summed E-state index contributed by atoms with van der Waals surface area (Å²) in [5.74, 6) is 0.0303. The van der Waals surface area contributed by atoms with Gasteiger partial charge in [-0.05, 0) is 49.6 Å². The number of carbonyl (C=O) groups is 1. The summed E-state index contributed by atoms with van der Waals surface area (Å²) in [6.07, 6.45) is 4.01. The number of aryl methyl sites for hydroxylation is 1. The van der Waals surface area contributed by atoms with Crippen LogP contribution in [0.4, 0.5) is 9.18 Å². The molecule has 2 amide bonds. The second-order valence-electron chi connectivity index (χ2n) is 8.13. The van der Waals surface area contributed by atoms with Gasteiger partial charge in [0, 0.05) is 43.0 Å². The SMILES string of the molecule is Cc1ncc(C2=CCN(C(=O)N3CCOCC3)CC2)cc1OC(C)c1c(Cl)ccc(F)c1Cl. The highest BCUT2D eigenvalue weighted by molar-refractivity contribution is 6.36. The second kappa shape index (κ2) is 10.3. The van der Waals surface area contributed by atoms with Gasteiger partial charge in [-0.1, -0.05) is 29.3 Å². The van der Waals surface area contributed by atoms with Crippen molar-refractivity contribution in [1.29, 1.82) is 0 Å². The van der Waals surface area contributed by atoms with Gasteiger partial charge in [-0.2, -0.15) is 0 Å². The van der Waals surface area contributed by atoms with E-state index < -0.39 is 11.9 Å². The van der Waals surface area contributed by atoms with Crippen LogP contribution in [-0.2, 0) is 4.74 Å². The third-order valence-electron chi connectivity index (χ3n) is 5.96. The molecule has 1 fully saturated rings. The highest BCUT2D eigenvalue weighted by atomic mass is 35.5. The van der Waals surface area contributed by atoms with Crippen molar-refractivity contribution in [3.8, 4) is 5.75 Å². The van der Waals surface area contributed by atoms with Gasteiger partial charge in [0.25, 0.3) is 0 Å². The zero-order valence-electron chi connectivity index (χ0n) is 18.6. The molecule has 0 bridgehead atoms. The van der Waals surface area contributed by atoms with Crippen LogP contribution in [0.3, 0.4) is 0 Å². The Hall–Kier alpha value is -2.35. The van der Waals surface area contributed by atoms with Crippen molar-refractivity contribution in [1.82, 2.24) is 14.8 Å². The molecule has 33 heavy (non-hydrogen) atoms. The Labute approximate surface area is 202 Å². The van der Waals surface area contributed by atoms with Crippen molar-refractivity contribution in [3.63, 3.8) is 0 Å². The van der Waals surface area contributed by atoms with Crippen molar-refractivity contribution in [2.75, 3.05) is 39.4 Å². The fourth-order valence-electron chi connectivity index (χ4n) is 4.03. The van der Waals surface area contributed by atoms with Crippen LogP contribution in [0.25, 0.3) is 5.57 Å². The molecule has 2 aliphatic rings. The van der Waals surface area contributed by atoms with Crippen molar-refractivity contribution < 1.29 is 18.7 Å². The molecule has 4 rings (SSSR count). The third kappa shape index (κ3) is 5.26. The maximum absolute atomic E-state index is 13.9. The smallest absolute Gasteiger partial charge is 0.320 e. The predicted octanol–water partition coefficient (Wildman–Crippen LogP) is 5.52. The normalized spacial score (nSPS) is 17.5. The van der Waals surface area contributed by atoms with E-state index in [1.54, 1.807) is 13.1 Å². The first kappa shape index (κ1) is 23.8. The van der Waals surface area contributed by atoms with E-state index in [-0.39, 0.29) is 11.1 Å². The molecular weight excluding hydrogens is 468 g/mol. The van der Waals surface area contributed by atoms with E-state index in [1.165, 1.54) is 12.1 Å². The number of pyridine rings is 1. The van der Waals surface area contributed by atoms with Gasteiger partial charge in [-0.15, -0.1) is 0 Å². The van der Waals surface area contributed by atoms with E-state index in [2.05, 4.69) is 11.1 Å². The first-order valence-electron chi connectivity index (χ1n) is 10.9. The highest BCUT2D eigenvalue weighted by Crippen LogP contribution is 2.36. The van der Waals surface area contributed by atoms with Crippen LogP contribution in [0.15, 0.2) is 30.5 Å². The molecular formula is C24H26Cl2FN3O3. The molecule has 1 aromatic carbocycles. The molecule has 2 aliphatic heterocycles. The molecule has 9 heteroatoms. The highest BCUT2D eigenvalue weighted by Gasteiger charge is 2.25. The van der Waals surface area contributed by atoms with Crippen LogP contribution in [0.1, 0.15) is 36.3 Å². The molecule has 3 heterocycles. The average molecular weight is 494 g/mol. The first-order valence-corrected chi connectivity index (χ1v) is 11.7. The number of ether oxygens (including phenoxy) is 2. The van der Waals surface area contributed by atoms with Crippen molar-refractivity contribution in [3.05, 3.63) is 63.2 Å². The Bertz CT molecular complexity index is 1070. The summed E-state index contributed by atoms with van der Waals surface area (Å²) in [5, 5.41) is 0.299. The van der Waals surface area contributed by atoms with E-state index in [0.717, 1.165) is 17.6 Å². The number of hydrogen-bond donors (Lipinski definition) is 0. The average Bonchev–Trinajstić information content (AvgIpc) is 2.83. The Morgan fingerprint density at radius 1 is 1.21 bits per heavy atom. The lowest BCUT2D eigenvalue weighted by molar-refractivity contribution is 0.0441. The number of carbonyl (C=O) groups excluding carboxylic acids is 1. The quantitative estimate of drug-likeness (QED) is 0.526. The number of urea groups is 1. The predicted molar refractivity (Wildman–Crippen MR) is 126 cm³/mol. The van der Waals surface area contributed by atoms with Gasteiger partial charge < -0.3 is 19.3 Å². The minimum atomic E-state index is -0.571. The summed E-state index contributed by atoms with van der Waals surface area (Å²) in [5.41, 5.74) is 3.14. The lowest BCUT2D eigenvalue weighted by atomic mass is 10.0. The monoisotopic (exact) mass is 493 g/mol. The summed E-state index contributed by atoms with van der Waals surface area (Å²) in [6, 6.07) is 4.68. The summed E-state index contributed by atoms with van der Waals surface area (Å²) < 4.78 is 25.4.